The molecule has 0 aliphatic carbocycles. The smallest absolute Gasteiger partial charge is 0.178 e. The average Bonchev–Trinajstić information content (AvgIpc) is 2.50. The highest BCUT2D eigenvalue weighted by molar-refractivity contribution is 7.09. The highest BCUT2D eigenvalue weighted by atomic mass is 32.1. The summed E-state index contributed by atoms with van der Waals surface area (Å²) in [4.78, 5) is 15.3. The van der Waals surface area contributed by atoms with Crippen LogP contribution in [0.25, 0.3) is 0 Å². The summed E-state index contributed by atoms with van der Waals surface area (Å²) in [6.07, 6.45) is 0. The van der Waals surface area contributed by atoms with Crippen LogP contribution < -0.4 is 0 Å². The molecule has 1 aromatic heterocycles. The van der Waals surface area contributed by atoms with Crippen molar-refractivity contribution in [2.24, 2.45) is 5.92 Å². The zero-order chi connectivity index (χ0) is 10.0. The number of hydrogen-bond acceptors (Lipinski definition) is 3. The molecule has 3 heteroatoms. The number of rotatable bonds is 3. The van der Waals surface area contributed by atoms with Crippen LogP contribution in [0.1, 0.15) is 49.1 Å². The van der Waals surface area contributed by atoms with Crippen LogP contribution >= 0.6 is 11.3 Å². The summed E-state index contributed by atoms with van der Waals surface area (Å²) in [5.41, 5.74) is 0.604. The summed E-state index contributed by atoms with van der Waals surface area (Å²) < 4.78 is 0. The Hall–Kier alpha value is -0.700. The Balaban J connectivity index is 2.85. The maximum absolute atomic E-state index is 11.0. The van der Waals surface area contributed by atoms with Crippen LogP contribution in [0.3, 0.4) is 0 Å². The van der Waals surface area contributed by atoms with Crippen LogP contribution in [-0.4, -0.2) is 10.8 Å². The molecule has 0 spiro atoms. The van der Waals surface area contributed by atoms with Gasteiger partial charge in [0.1, 0.15) is 5.69 Å². The minimum atomic E-state index is 0.0541. The summed E-state index contributed by atoms with van der Waals surface area (Å²) in [6.45, 7) is 8.03. The zero-order valence-electron chi connectivity index (χ0n) is 8.50. The second-order valence-corrected chi connectivity index (χ2v) is 4.55. The van der Waals surface area contributed by atoms with Crippen molar-refractivity contribution in [3.05, 3.63) is 16.1 Å². The Morgan fingerprint density at radius 1 is 1.46 bits per heavy atom. The van der Waals surface area contributed by atoms with Gasteiger partial charge in [-0.3, -0.25) is 4.79 Å². The first kappa shape index (κ1) is 10.4. The molecule has 0 aliphatic rings. The molecule has 0 bridgehead atoms. The molecule has 0 saturated carbocycles. The van der Waals surface area contributed by atoms with E-state index in [4.69, 9.17) is 0 Å². The van der Waals surface area contributed by atoms with E-state index in [1.165, 1.54) is 0 Å². The minimum absolute atomic E-state index is 0.0541. The van der Waals surface area contributed by atoms with E-state index >= 15 is 0 Å². The number of ketones is 1. The number of nitrogens with zero attached hydrogens (tertiary/aromatic N) is 1. The van der Waals surface area contributed by atoms with Crippen LogP contribution in [0, 0.1) is 5.92 Å². The lowest BCUT2D eigenvalue weighted by molar-refractivity contribution is 0.101. The third-order valence-electron chi connectivity index (χ3n) is 2.27. The van der Waals surface area contributed by atoms with Gasteiger partial charge in [-0.2, -0.15) is 0 Å². The summed E-state index contributed by atoms with van der Waals surface area (Å²) in [7, 11) is 0. The average molecular weight is 197 g/mol. The van der Waals surface area contributed by atoms with Gasteiger partial charge in [0.25, 0.3) is 0 Å². The second kappa shape index (κ2) is 4.01. The number of aromatic nitrogens is 1. The first-order chi connectivity index (χ1) is 6.02. The van der Waals surface area contributed by atoms with Crippen molar-refractivity contribution in [2.75, 3.05) is 0 Å². The molecule has 13 heavy (non-hydrogen) atoms. The Morgan fingerprint density at radius 2 is 2.08 bits per heavy atom. The number of hydrogen-bond donors (Lipinski definition) is 0. The Bertz CT molecular complexity index is 304. The van der Waals surface area contributed by atoms with Gasteiger partial charge in [-0.05, 0) is 5.92 Å². The largest absolute Gasteiger partial charge is 0.293 e. The van der Waals surface area contributed by atoms with Crippen molar-refractivity contribution in [2.45, 2.75) is 33.6 Å². The lowest BCUT2D eigenvalue weighted by atomic mass is 9.99. The van der Waals surface area contributed by atoms with E-state index in [0.717, 1.165) is 5.01 Å². The Kier molecular flexibility index (Phi) is 3.20. The zero-order valence-corrected chi connectivity index (χ0v) is 9.31. The van der Waals surface area contributed by atoms with Crippen LogP contribution in [-0.2, 0) is 0 Å². The van der Waals surface area contributed by atoms with E-state index < -0.39 is 0 Å². The third kappa shape index (κ3) is 2.37. The van der Waals surface area contributed by atoms with Gasteiger partial charge in [0.05, 0.1) is 5.01 Å². The number of thiazole rings is 1. The topological polar surface area (TPSA) is 30.0 Å². The molecule has 0 radical (unpaired) electrons. The predicted octanol–water partition coefficient (Wildman–Crippen LogP) is 3.11. The van der Waals surface area contributed by atoms with E-state index in [9.17, 15) is 4.79 Å². The van der Waals surface area contributed by atoms with E-state index in [2.05, 4.69) is 25.8 Å². The first-order valence-corrected chi connectivity index (χ1v) is 5.36. The molecule has 1 rings (SSSR count). The molecule has 0 aliphatic heterocycles. The molecule has 0 N–H and O–H groups in total. The monoisotopic (exact) mass is 197 g/mol. The fourth-order valence-corrected chi connectivity index (χ4v) is 2.03. The summed E-state index contributed by atoms with van der Waals surface area (Å²) in [6, 6.07) is 0. The van der Waals surface area contributed by atoms with Crippen molar-refractivity contribution in [1.82, 2.24) is 4.98 Å². The van der Waals surface area contributed by atoms with Gasteiger partial charge in [0, 0.05) is 18.2 Å². The second-order valence-electron chi connectivity index (χ2n) is 3.66. The van der Waals surface area contributed by atoms with Gasteiger partial charge in [0.2, 0.25) is 0 Å². The fraction of sp³-hybridized carbons (Fsp3) is 0.600. The molecule has 0 aromatic carbocycles. The minimum Gasteiger partial charge on any atom is -0.293 e. The third-order valence-corrected chi connectivity index (χ3v) is 3.32. The molecule has 0 saturated heterocycles. The number of carbonyl (C=O) groups is 1. The summed E-state index contributed by atoms with van der Waals surface area (Å²) in [5.74, 6) is 1.07. The molecule has 1 unspecified atom stereocenters. The standard InChI is InChI=1S/C10H15NOS/c1-6(2)7(3)10-11-9(5-13-10)8(4)12/h5-7H,1-4H3. The SMILES string of the molecule is CC(=O)c1csc(C(C)C(C)C)n1. The van der Waals surface area contributed by atoms with Crippen molar-refractivity contribution >= 4 is 17.1 Å². The van der Waals surface area contributed by atoms with Crippen LogP contribution in [0.5, 0.6) is 0 Å². The van der Waals surface area contributed by atoms with Gasteiger partial charge in [-0.1, -0.05) is 20.8 Å². The van der Waals surface area contributed by atoms with Gasteiger partial charge < -0.3 is 0 Å². The Labute approximate surface area is 83.0 Å². The van der Waals surface area contributed by atoms with Crippen molar-refractivity contribution in [3.8, 4) is 0 Å². The predicted molar refractivity (Wildman–Crippen MR) is 55.4 cm³/mol. The normalized spacial score (nSPS) is 13.3. The van der Waals surface area contributed by atoms with Crippen LogP contribution in [0.4, 0.5) is 0 Å². The van der Waals surface area contributed by atoms with Crippen molar-refractivity contribution < 1.29 is 4.79 Å². The molecular weight excluding hydrogens is 182 g/mol. The van der Waals surface area contributed by atoms with Gasteiger partial charge in [-0.15, -0.1) is 11.3 Å². The highest BCUT2D eigenvalue weighted by Crippen LogP contribution is 2.26. The summed E-state index contributed by atoms with van der Waals surface area (Å²) >= 11 is 1.58. The fourth-order valence-electron chi connectivity index (χ4n) is 0.944. The van der Waals surface area contributed by atoms with Gasteiger partial charge >= 0.3 is 0 Å². The molecule has 1 heterocycles. The van der Waals surface area contributed by atoms with Crippen LogP contribution in [0.2, 0.25) is 0 Å². The first-order valence-electron chi connectivity index (χ1n) is 4.48. The molecule has 2 nitrogen and oxygen atoms in total. The lowest BCUT2D eigenvalue weighted by Gasteiger charge is -2.11. The molecule has 1 aromatic rings. The van der Waals surface area contributed by atoms with Crippen LogP contribution in [0.15, 0.2) is 5.38 Å². The Morgan fingerprint density at radius 3 is 2.46 bits per heavy atom. The maximum atomic E-state index is 11.0. The van der Waals surface area contributed by atoms with E-state index in [1.807, 2.05) is 5.38 Å². The quantitative estimate of drug-likeness (QED) is 0.697. The maximum Gasteiger partial charge on any atom is 0.178 e. The molecule has 0 amide bonds. The van der Waals surface area contributed by atoms with Gasteiger partial charge in [-0.25, -0.2) is 4.98 Å². The summed E-state index contributed by atoms with van der Waals surface area (Å²) in [5, 5.41) is 2.91. The van der Waals surface area contributed by atoms with Crippen molar-refractivity contribution in [3.63, 3.8) is 0 Å². The lowest BCUT2D eigenvalue weighted by Crippen LogP contribution is -2.02. The van der Waals surface area contributed by atoms with E-state index in [0.29, 0.717) is 17.5 Å². The highest BCUT2D eigenvalue weighted by Gasteiger charge is 2.15. The molecular formula is C10H15NOS. The molecule has 1 atom stereocenters. The molecule has 72 valence electrons. The number of Topliss-reactive ketones (excluding diaryl/α,β-unsaturated/α-hetero) is 1. The van der Waals surface area contributed by atoms with E-state index in [1.54, 1.807) is 18.3 Å². The van der Waals surface area contributed by atoms with E-state index in [-0.39, 0.29) is 5.78 Å². The van der Waals surface area contributed by atoms with Crippen molar-refractivity contribution in [1.29, 1.82) is 0 Å². The number of carbonyl (C=O) groups excluding carboxylic acids is 1. The molecule has 0 fully saturated rings. The van der Waals surface area contributed by atoms with Gasteiger partial charge in [0.15, 0.2) is 5.78 Å².